The van der Waals surface area contributed by atoms with E-state index in [2.05, 4.69) is 10.0 Å². The summed E-state index contributed by atoms with van der Waals surface area (Å²) in [6, 6.07) is 12.5. The molecule has 1 heterocycles. The molecule has 9 heteroatoms. The fourth-order valence-electron chi connectivity index (χ4n) is 3.73. The number of likely N-dealkylation sites (tertiary alicyclic amines) is 1. The summed E-state index contributed by atoms with van der Waals surface area (Å²) in [6.07, 6.45) is 1.67. The van der Waals surface area contributed by atoms with Crippen LogP contribution in [0.15, 0.2) is 53.4 Å². The van der Waals surface area contributed by atoms with E-state index in [1.54, 1.807) is 29.2 Å². The average Bonchev–Trinajstić information content (AvgIpc) is 2.83. The molecule has 182 valence electrons. The zero-order valence-corrected chi connectivity index (χ0v) is 20.5. The number of rotatable bonds is 8. The van der Waals surface area contributed by atoms with Crippen LogP contribution >= 0.6 is 0 Å². The van der Waals surface area contributed by atoms with Crippen LogP contribution in [0.25, 0.3) is 0 Å². The van der Waals surface area contributed by atoms with E-state index in [1.807, 2.05) is 13.8 Å². The van der Waals surface area contributed by atoms with Gasteiger partial charge in [0, 0.05) is 42.7 Å². The number of nitrogens with zero attached hydrogens (tertiary/aromatic N) is 1. The number of hydrogen-bond acceptors (Lipinski definition) is 5. The second-order valence-electron chi connectivity index (χ2n) is 8.86. The fourth-order valence-corrected chi connectivity index (χ4v) is 4.74. The number of hydrogen-bond donors (Lipinski definition) is 2. The van der Waals surface area contributed by atoms with E-state index in [4.69, 9.17) is 0 Å². The van der Waals surface area contributed by atoms with Crippen LogP contribution in [0.4, 0.5) is 0 Å². The van der Waals surface area contributed by atoms with Crippen molar-refractivity contribution >= 4 is 27.6 Å². The van der Waals surface area contributed by atoms with E-state index in [9.17, 15) is 22.8 Å². The molecule has 1 atom stereocenters. The molecule has 2 aromatic carbocycles. The van der Waals surface area contributed by atoms with Crippen LogP contribution in [-0.4, -0.2) is 50.0 Å². The first-order chi connectivity index (χ1) is 16.1. The van der Waals surface area contributed by atoms with Gasteiger partial charge >= 0.3 is 0 Å². The highest BCUT2D eigenvalue weighted by molar-refractivity contribution is 7.89. The summed E-state index contributed by atoms with van der Waals surface area (Å²) >= 11 is 0. The summed E-state index contributed by atoms with van der Waals surface area (Å²) in [7, 11) is -3.74. The number of nitrogens with one attached hydrogen (secondary N) is 2. The summed E-state index contributed by atoms with van der Waals surface area (Å²) in [5.41, 5.74) is 1.67. The predicted octanol–water partition coefficient (Wildman–Crippen LogP) is 2.74. The lowest BCUT2D eigenvalue weighted by Crippen LogP contribution is -2.50. The van der Waals surface area contributed by atoms with Crippen LogP contribution in [0.2, 0.25) is 0 Å². The Morgan fingerprint density at radius 1 is 1.00 bits per heavy atom. The number of Topliss-reactive ketones (excluding diaryl/α,β-unsaturated/α-hetero) is 1. The first-order valence-electron chi connectivity index (χ1n) is 11.4. The van der Waals surface area contributed by atoms with Gasteiger partial charge in [-0.1, -0.05) is 38.1 Å². The van der Waals surface area contributed by atoms with Crippen molar-refractivity contribution < 1.29 is 22.8 Å². The van der Waals surface area contributed by atoms with Gasteiger partial charge in [-0.15, -0.1) is 0 Å². The maximum Gasteiger partial charge on any atom is 0.253 e. The maximum atomic E-state index is 12.9. The van der Waals surface area contributed by atoms with E-state index in [-0.39, 0.29) is 41.0 Å². The first-order valence-corrected chi connectivity index (χ1v) is 12.8. The molecule has 0 radical (unpaired) electrons. The van der Waals surface area contributed by atoms with Crippen LogP contribution in [0.3, 0.4) is 0 Å². The van der Waals surface area contributed by atoms with Crippen LogP contribution in [0, 0.1) is 5.92 Å². The summed E-state index contributed by atoms with van der Waals surface area (Å²) < 4.78 is 27.6. The zero-order valence-electron chi connectivity index (χ0n) is 19.7. The number of sulfonamides is 1. The smallest absolute Gasteiger partial charge is 0.253 e. The second kappa shape index (κ2) is 10.9. The molecule has 1 unspecified atom stereocenters. The molecule has 1 aliphatic heterocycles. The second-order valence-corrected chi connectivity index (χ2v) is 10.6. The SMILES string of the molecule is CC(=O)c1ccc(S(=O)(=O)NCc2ccc(C(=O)N3CCCC(NC(=O)C(C)C)C3)cc2)cc1. The highest BCUT2D eigenvalue weighted by Crippen LogP contribution is 2.16. The van der Waals surface area contributed by atoms with Crippen molar-refractivity contribution in [2.24, 2.45) is 5.92 Å². The molecule has 1 saturated heterocycles. The van der Waals surface area contributed by atoms with Crippen LogP contribution in [0.5, 0.6) is 0 Å². The molecule has 8 nitrogen and oxygen atoms in total. The molecular weight excluding hydrogens is 454 g/mol. The number of ketones is 1. The number of carbonyl (C=O) groups is 3. The molecular formula is C25H31N3O5S. The standard InChI is InChI=1S/C25H31N3O5S/c1-17(2)24(30)27-22-5-4-14-28(16-22)25(31)21-8-6-19(7-9-21)15-26-34(32,33)23-12-10-20(11-13-23)18(3)29/h6-13,17,22,26H,4-5,14-16H2,1-3H3,(H,27,30). The summed E-state index contributed by atoms with van der Waals surface area (Å²) in [5, 5.41) is 3.00. The highest BCUT2D eigenvalue weighted by atomic mass is 32.2. The van der Waals surface area contributed by atoms with Crippen molar-refractivity contribution in [3.05, 3.63) is 65.2 Å². The number of carbonyl (C=O) groups excluding carboxylic acids is 3. The van der Waals surface area contributed by atoms with Gasteiger partial charge in [0.05, 0.1) is 4.90 Å². The van der Waals surface area contributed by atoms with Crippen molar-refractivity contribution in [1.82, 2.24) is 14.9 Å². The number of amides is 2. The van der Waals surface area contributed by atoms with Gasteiger partial charge in [0.2, 0.25) is 15.9 Å². The Hall–Kier alpha value is -3.04. The molecule has 34 heavy (non-hydrogen) atoms. The van der Waals surface area contributed by atoms with E-state index in [0.29, 0.717) is 29.8 Å². The van der Waals surface area contributed by atoms with Gasteiger partial charge in [0.1, 0.15) is 0 Å². The van der Waals surface area contributed by atoms with Crippen LogP contribution < -0.4 is 10.0 Å². The lowest BCUT2D eigenvalue weighted by Gasteiger charge is -2.33. The van der Waals surface area contributed by atoms with Crippen molar-refractivity contribution in [2.45, 2.75) is 51.1 Å². The Bertz CT molecular complexity index is 1140. The minimum absolute atomic E-state index is 0.0131. The quantitative estimate of drug-likeness (QED) is 0.559. The third kappa shape index (κ3) is 6.51. The Morgan fingerprint density at radius 3 is 2.21 bits per heavy atom. The van der Waals surface area contributed by atoms with Gasteiger partial charge in [-0.05, 0) is 49.6 Å². The molecule has 2 amide bonds. The van der Waals surface area contributed by atoms with Crippen LogP contribution in [-0.2, 0) is 21.4 Å². The summed E-state index contributed by atoms with van der Waals surface area (Å²) in [6.45, 7) is 6.28. The van der Waals surface area contributed by atoms with E-state index >= 15 is 0 Å². The Morgan fingerprint density at radius 2 is 1.62 bits per heavy atom. The van der Waals surface area contributed by atoms with E-state index in [0.717, 1.165) is 12.8 Å². The topological polar surface area (TPSA) is 113 Å². The zero-order chi connectivity index (χ0) is 24.9. The summed E-state index contributed by atoms with van der Waals surface area (Å²) in [4.78, 5) is 38.1. The third-order valence-corrected chi connectivity index (χ3v) is 7.23. The van der Waals surface area contributed by atoms with Gasteiger partial charge in [0.15, 0.2) is 5.78 Å². The van der Waals surface area contributed by atoms with Crippen molar-refractivity contribution in [3.8, 4) is 0 Å². The predicted molar refractivity (Wildman–Crippen MR) is 129 cm³/mol. The Kier molecular flexibility index (Phi) is 8.22. The largest absolute Gasteiger partial charge is 0.351 e. The molecule has 2 aromatic rings. The molecule has 0 saturated carbocycles. The fraction of sp³-hybridized carbons (Fsp3) is 0.400. The third-order valence-electron chi connectivity index (χ3n) is 5.82. The molecule has 1 fully saturated rings. The van der Waals surface area contributed by atoms with Gasteiger partial charge < -0.3 is 10.2 Å². The maximum absolute atomic E-state index is 12.9. The van der Waals surface area contributed by atoms with Crippen LogP contribution in [0.1, 0.15) is 59.9 Å². The van der Waals surface area contributed by atoms with Crippen molar-refractivity contribution in [1.29, 1.82) is 0 Å². The number of piperidine rings is 1. The molecule has 0 bridgehead atoms. The van der Waals surface area contributed by atoms with Gasteiger partial charge in [-0.2, -0.15) is 0 Å². The van der Waals surface area contributed by atoms with E-state index in [1.165, 1.54) is 31.2 Å². The molecule has 2 N–H and O–H groups in total. The minimum atomic E-state index is -3.74. The van der Waals surface area contributed by atoms with Crippen molar-refractivity contribution in [3.63, 3.8) is 0 Å². The molecule has 3 rings (SSSR count). The average molecular weight is 486 g/mol. The molecule has 1 aliphatic rings. The number of benzene rings is 2. The first kappa shape index (κ1) is 25.6. The highest BCUT2D eigenvalue weighted by Gasteiger charge is 2.26. The Labute approximate surface area is 200 Å². The normalized spacial score (nSPS) is 16.4. The molecule has 0 aliphatic carbocycles. The lowest BCUT2D eigenvalue weighted by molar-refractivity contribution is -0.125. The molecule has 0 aromatic heterocycles. The van der Waals surface area contributed by atoms with Gasteiger partial charge in [-0.3, -0.25) is 14.4 Å². The summed E-state index contributed by atoms with van der Waals surface area (Å²) in [5.74, 6) is -0.357. The monoisotopic (exact) mass is 485 g/mol. The van der Waals surface area contributed by atoms with Gasteiger partial charge in [0.25, 0.3) is 5.91 Å². The minimum Gasteiger partial charge on any atom is -0.351 e. The lowest BCUT2D eigenvalue weighted by atomic mass is 10.0. The van der Waals surface area contributed by atoms with Crippen molar-refractivity contribution in [2.75, 3.05) is 13.1 Å². The molecule has 0 spiro atoms. The van der Waals surface area contributed by atoms with Gasteiger partial charge in [-0.25, -0.2) is 13.1 Å². The Balaban J connectivity index is 1.58. The van der Waals surface area contributed by atoms with E-state index < -0.39 is 10.0 Å².